The molecule has 21 heavy (non-hydrogen) atoms. The van der Waals surface area contributed by atoms with Crippen LogP contribution in [0.25, 0.3) is 0 Å². The van der Waals surface area contributed by atoms with Gasteiger partial charge in [0.1, 0.15) is 0 Å². The van der Waals surface area contributed by atoms with Crippen LogP contribution in [0.2, 0.25) is 5.02 Å². The Bertz CT molecular complexity index is 718. The molecule has 2 aromatic carbocycles. The van der Waals surface area contributed by atoms with Gasteiger partial charge in [-0.15, -0.1) is 0 Å². The van der Waals surface area contributed by atoms with Crippen LogP contribution < -0.4 is 11.1 Å². The number of aromatic hydroxyl groups is 1. The van der Waals surface area contributed by atoms with Gasteiger partial charge in [0.25, 0.3) is 5.91 Å². The van der Waals surface area contributed by atoms with E-state index in [9.17, 15) is 18.0 Å². The summed E-state index contributed by atoms with van der Waals surface area (Å²) in [5.74, 6) is -7.64. The molecule has 0 saturated carbocycles. The van der Waals surface area contributed by atoms with E-state index >= 15 is 0 Å². The van der Waals surface area contributed by atoms with Crippen molar-refractivity contribution in [2.75, 3.05) is 11.1 Å². The standard InChI is InChI=1S/C13H8ClF3N2O2/c14-6-2-1-3-8(18)11(6)19-13(21)5-4-7(15)10(17)12(20)9(5)16/h1-4,20H,18H2,(H,19,21). The number of halogens is 4. The fourth-order valence-electron chi connectivity index (χ4n) is 1.61. The molecular formula is C13H8ClF3N2O2. The number of carbonyl (C=O) groups is 1. The molecule has 4 N–H and O–H groups in total. The topological polar surface area (TPSA) is 75.3 Å². The van der Waals surface area contributed by atoms with Gasteiger partial charge < -0.3 is 16.2 Å². The van der Waals surface area contributed by atoms with Gasteiger partial charge in [-0.2, -0.15) is 4.39 Å². The number of para-hydroxylation sites is 1. The normalized spacial score (nSPS) is 10.5. The molecule has 4 nitrogen and oxygen atoms in total. The Morgan fingerprint density at radius 2 is 1.90 bits per heavy atom. The quantitative estimate of drug-likeness (QED) is 0.588. The van der Waals surface area contributed by atoms with E-state index in [4.69, 9.17) is 22.4 Å². The third kappa shape index (κ3) is 2.73. The number of carbonyl (C=O) groups excluding carboxylic acids is 1. The molecule has 0 atom stereocenters. The van der Waals surface area contributed by atoms with Crippen molar-refractivity contribution in [3.05, 3.63) is 52.3 Å². The number of rotatable bonds is 2. The molecule has 1 amide bonds. The highest BCUT2D eigenvalue weighted by atomic mass is 35.5. The van der Waals surface area contributed by atoms with Gasteiger partial charge in [-0.05, 0) is 18.2 Å². The lowest BCUT2D eigenvalue weighted by Crippen LogP contribution is -2.16. The predicted octanol–water partition coefficient (Wildman–Crippen LogP) is 3.30. The van der Waals surface area contributed by atoms with E-state index in [-0.39, 0.29) is 16.4 Å². The fourth-order valence-corrected chi connectivity index (χ4v) is 1.84. The number of phenolic OH excluding ortho intramolecular Hbond substituents is 1. The first kappa shape index (κ1) is 15.0. The molecule has 0 unspecified atom stereocenters. The average Bonchev–Trinajstić information content (AvgIpc) is 2.44. The maximum atomic E-state index is 13.6. The van der Waals surface area contributed by atoms with E-state index < -0.39 is 34.7 Å². The van der Waals surface area contributed by atoms with E-state index in [1.165, 1.54) is 18.2 Å². The van der Waals surface area contributed by atoms with E-state index in [1.807, 2.05) is 0 Å². The summed E-state index contributed by atoms with van der Waals surface area (Å²) in [4.78, 5) is 11.9. The van der Waals surface area contributed by atoms with Crippen molar-refractivity contribution < 1.29 is 23.1 Å². The van der Waals surface area contributed by atoms with Crippen LogP contribution in [0.1, 0.15) is 10.4 Å². The minimum absolute atomic E-state index is 0.00668. The monoisotopic (exact) mass is 316 g/mol. The first-order chi connectivity index (χ1) is 9.82. The molecule has 2 rings (SSSR count). The molecule has 0 spiro atoms. The number of nitrogen functional groups attached to an aromatic ring is 1. The summed E-state index contributed by atoms with van der Waals surface area (Å²) < 4.78 is 39.7. The van der Waals surface area contributed by atoms with Gasteiger partial charge >= 0.3 is 0 Å². The zero-order valence-corrected chi connectivity index (χ0v) is 11.0. The third-order valence-corrected chi connectivity index (χ3v) is 2.98. The number of anilines is 2. The molecule has 8 heteroatoms. The fraction of sp³-hybridized carbons (Fsp3) is 0. The van der Waals surface area contributed by atoms with Gasteiger partial charge in [0.2, 0.25) is 5.82 Å². The zero-order chi connectivity index (χ0) is 15.7. The van der Waals surface area contributed by atoms with Crippen LogP contribution in [0.15, 0.2) is 24.3 Å². The second-order valence-corrected chi connectivity index (χ2v) is 4.45. The van der Waals surface area contributed by atoms with Gasteiger partial charge in [0.05, 0.1) is 22.0 Å². The van der Waals surface area contributed by atoms with Gasteiger partial charge in [-0.1, -0.05) is 17.7 Å². The Morgan fingerprint density at radius 3 is 2.52 bits per heavy atom. The van der Waals surface area contributed by atoms with E-state index in [0.29, 0.717) is 6.07 Å². The van der Waals surface area contributed by atoms with E-state index in [2.05, 4.69) is 5.32 Å². The maximum absolute atomic E-state index is 13.6. The number of amides is 1. The summed E-state index contributed by atoms with van der Waals surface area (Å²) in [5.41, 5.74) is 4.80. The number of hydrogen-bond acceptors (Lipinski definition) is 3. The summed E-state index contributed by atoms with van der Waals surface area (Å²) in [6.45, 7) is 0. The van der Waals surface area contributed by atoms with Crippen molar-refractivity contribution >= 4 is 28.9 Å². The molecule has 0 radical (unpaired) electrons. The Hall–Kier alpha value is -2.41. The Morgan fingerprint density at radius 1 is 1.24 bits per heavy atom. The molecule has 2 aromatic rings. The van der Waals surface area contributed by atoms with Crippen LogP contribution in [0.3, 0.4) is 0 Å². The van der Waals surface area contributed by atoms with Crippen LogP contribution in [0.5, 0.6) is 5.75 Å². The summed E-state index contributed by atoms with van der Waals surface area (Å²) in [5, 5.41) is 11.3. The molecule has 0 bridgehead atoms. The molecule has 0 fully saturated rings. The van der Waals surface area contributed by atoms with Crippen molar-refractivity contribution in [1.82, 2.24) is 0 Å². The summed E-state index contributed by atoms with van der Waals surface area (Å²) >= 11 is 5.82. The molecule has 0 saturated heterocycles. The van der Waals surface area contributed by atoms with Crippen LogP contribution in [-0.2, 0) is 0 Å². The molecule has 0 aliphatic heterocycles. The molecule has 110 valence electrons. The van der Waals surface area contributed by atoms with Crippen molar-refractivity contribution in [3.8, 4) is 5.75 Å². The highest BCUT2D eigenvalue weighted by Gasteiger charge is 2.23. The average molecular weight is 317 g/mol. The van der Waals surface area contributed by atoms with Crippen LogP contribution in [-0.4, -0.2) is 11.0 Å². The molecule has 0 aliphatic carbocycles. The maximum Gasteiger partial charge on any atom is 0.258 e. The highest BCUT2D eigenvalue weighted by Crippen LogP contribution is 2.30. The first-order valence-corrected chi connectivity index (χ1v) is 5.92. The summed E-state index contributed by atoms with van der Waals surface area (Å²) in [6, 6.07) is 4.71. The SMILES string of the molecule is Nc1cccc(Cl)c1NC(=O)c1cc(F)c(F)c(O)c1F. The second kappa shape index (κ2) is 5.53. The largest absolute Gasteiger partial charge is 0.503 e. The van der Waals surface area contributed by atoms with Crippen molar-refractivity contribution in [3.63, 3.8) is 0 Å². The number of nitrogens with two attached hydrogens (primary N) is 1. The van der Waals surface area contributed by atoms with Crippen LogP contribution in [0, 0.1) is 17.5 Å². The third-order valence-electron chi connectivity index (χ3n) is 2.66. The minimum Gasteiger partial charge on any atom is -0.503 e. The lowest BCUT2D eigenvalue weighted by Gasteiger charge is -2.11. The first-order valence-electron chi connectivity index (χ1n) is 5.54. The molecular weight excluding hydrogens is 309 g/mol. The van der Waals surface area contributed by atoms with E-state index in [0.717, 1.165) is 0 Å². The number of phenols is 1. The molecule has 0 heterocycles. The summed E-state index contributed by atoms with van der Waals surface area (Å²) in [6.07, 6.45) is 0. The van der Waals surface area contributed by atoms with Crippen molar-refractivity contribution in [2.24, 2.45) is 0 Å². The Kier molecular flexibility index (Phi) is 3.95. The lowest BCUT2D eigenvalue weighted by molar-refractivity contribution is 0.102. The second-order valence-electron chi connectivity index (χ2n) is 4.04. The predicted molar refractivity (Wildman–Crippen MR) is 71.8 cm³/mol. The van der Waals surface area contributed by atoms with Crippen LogP contribution >= 0.6 is 11.6 Å². The minimum atomic E-state index is -1.78. The molecule has 0 aliphatic rings. The van der Waals surface area contributed by atoms with E-state index in [1.54, 1.807) is 0 Å². The Balaban J connectivity index is 2.42. The highest BCUT2D eigenvalue weighted by molar-refractivity contribution is 6.34. The zero-order valence-electron chi connectivity index (χ0n) is 10.3. The van der Waals surface area contributed by atoms with Crippen molar-refractivity contribution in [1.29, 1.82) is 0 Å². The smallest absolute Gasteiger partial charge is 0.258 e. The number of hydrogen-bond donors (Lipinski definition) is 3. The lowest BCUT2D eigenvalue weighted by atomic mass is 10.1. The number of benzene rings is 2. The Labute approximate surface area is 121 Å². The van der Waals surface area contributed by atoms with Crippen molar-refractivity contribution in [2.45, 2.75) is 0 Å². The van der Waals surface area contributed by atoms with Gasteiger partial charge in [0.15, 0.2) is 17.4 Å². The van der Waals surface area contributed by atoms with Gasteiger partial charge in [-0.3, -0.25) is 4.79 Å². The van der Waals surface area contributed by atoms with Gasteiger partial charge in [0, 0.05) is 0 Å². The van der Waals surface area contributed by atoms with Gasteiger partial charge in [-0.25, -0.2) is 8.78 Å². The van der Waals surface area contributed by atoms with Crippen LogP contribution in [0.4, 0.5) is 24.5 Å². The number of nitrogens with one attached hydrogen (secondary N) is 1. The molecule has 0 aromatic heterocycles. The summed E-state index contributed by atoms with van der Waals surface area (Å²) in [7, 11) is 0.